The van der Waals surface area contributed by atoms with Crippen LogP contribution >= 0.6 is 18.9 Å². The third-order valence-corrected chi connectivity index (χ3v) is 11.1. The molecule has 228 valence electrons. The van der Waals surface area contributed by atoms with Crippen molar-refractivity contribution < 1.29 is 28.7 Å². The third-order valence-electron chi connectivity index (χ3n) is 9.17. The fraction of sp³-hybridized carbons (Fsp3) is 0.484. The number of nitrogens with zero attached hydrogens (tertiary/aromatic N) is 3. The number of fused-ring (bicyclic) bond motifs is 2. The van der Waals surface area contributed by atoms with Gasteiger partial charge in [-0.05, 0) is 91.3 Å². The van der Waals surface area contributed by atoms with Crippen LogP contribution in [-0.4, -0.2) is 73.5 Å². The van der Waals surface area contributed by atoms with Gasteiger partial charge in [-0.15, -0.1) is 11.3 Å². The quantitative estimate of drug-likeness (QED) is 0.350. The zero-order chi connectivity index (χ0) is 30.5. The van der Waals surface area contributed by atoms with Crippen molar-refractivity contribution in [2.24, 2.45) is 5.92 Å². The number of hydrogen-bond acceptors (Lipinski definition) is 6. The minimum atomic E-state index is -4.21. The van der Waals surface area contributed by atoms with E-state index in [-0.39, 0.29) is 35.8 Å². The molecule has 43 heavy (non-hydrogen) atoms. The van der Waals surface area contributed by atoms with Crippen LogP contribution in [0.1, 0.15) is 71.3 Å². The Kier molecular flexibility index (Phi) is 8.19. The molecule has 0 spiro atoms. The number of benzene rings is 1. The number of pyridine rings is 1. The van der Waals surface area contributed by atoms with Crippen LogP contribution in [0, 0.1) is 12.8 Å². The Morgan fingerprint density at radius 3 is 2.65 bits per heavy atom. The van der Waals surface area contributed by atoms with Gasteiger partial charge in [0.25, 0.3) is 5.91 Å². The molecule has 10 nitrogen and oxygen atoms in total. The molecule has 1 unspecified atom stereocenters. The van der Waals surface area contributed by atoms with Crippen molar-refractivity contribution in [2.45, 2.75) is 76.2 Å². The molecule has 3 aliphatic rings. The van der Waals surface area contributed by atoms with E-state index in [4.69, 9.17) is 0 Å². The van der Waals surface area contributed by atoms with Gasteiger partial charge in [-0.3, -0.25) is 23.9 Å². The number of rotatable bonds is 6. The molecular weight excluding hydrogens is 587 g/mol. The Labute approximate surface area is 254 Å². The molecule has 12 heteroatoms. The molecule has 1 aromatic carbocycles. The van der Waals surface area contributed by atoms with Gasteiger partial charge in [0.15, 0.2) is 0 Å². The van der Waals surface area contributed by atoms with Crippen LogP contribution in [0.15, 0.2) is 42.7 Å². The van der Waals surface area contributed by atoms with E-state index >= 15 is 0 Å². The van der Waals surface area contributed by atoms with Crippen molar-refractivity contribution in [3.05, 3.63) is 64.3 Å². The molecule has 3 aliphatic heterocycles. The van der Waals surface area contributed by atoms with E-state index in [2.05, 4.69) is 24.1 Å². The van der Waals surface area contributed by atoms with Gasteiger partial charge < -0.3 is 24.9 Å². The molecular formula is C31H37N4O6PS. The number of carbonyl (C=O) groups excluding carboxylic acids is 3. The van der Waals surface area contributed by atoms with Crippen LogP contribution in [0.4, 0.5) is 0 Å². The van der Waals surface area contributed by atoms with Crippen LogP contribution in [0.2, 0.25) is 0 Å². The van der Waals surface area contributed by atoms with Crippen molar-refractivity contribution in [1.82, 2.24) is 20.1 Å². The molecule has 4 atom stereocenters. The van der Waals surface area contributed by atoms with Gasteiger partial charge in [-0.25, -0.2) is 0 Å². The number of aromatic nitrogens is 1. The van der Waals surface area contributed by atoms with Gasteiger partial charge in [0.05, 0.1) is 11.0 Å². The first kappa shape index (κ1) is 29.9. The summed E-state index contributed by atoms with van der Waals surface area (Å²) in [5.74, 6) is 0.0425. The zero-order valence-electron chi connectivity index (χ0n) is 24.3. The first-order chi connectivity index (χ1) is 20.5. The lowest BCUT2D eigenvalue weighted by Gasteiger charge is -2.44. The van der Waals surface area contributed by atoms with E-state index in [0.29, 0.717) is 42.3 Å². The summed E-state index contributed by atoms with van der Waals surface area (Å²) >= 11 is 1.27. The molecule has 0 radical (unpaired) electrons. The van der Waals surface area contributed by atoms with Crippen molar-refractivity contribution in [3.8, 4) is 0 Å². The summed E-state index contributed by atoms with van der Waals surface area (Å²) < 4.78 is 12.3. The monoisotopic (exact) mass is 624 g/mol. The van der Waals surface area contributed by atoms with Crippen LogP contribution in [-0.2, 0) is 20.3 Å². The van der Waals surface area contributed by atoms with E-state index in [1.54, 1.807) is 35.4 Å². The van der Waals surface area contributed by atoms with E-state index < -0.39 is 19.7 Å². The largest absolute Gasteiger partial charge is 0.340 e. The second kappa shape index (κ2) is 11.8. The summed E-state index contributed by atoms with van der Waals surface area (Å²) in [7, 11) is -4.21. The highest BCUT2D eigenvalue weighted by Gasteiger charge is 2.47. The molecule has 5 heterocycles. The Bertz CT molecular complexity index is 1610. The summed E-state index contributed by atoms with van der Waals surface area (Å²) in [6, 6.07) is 7.51. The summed E-state index contributed by atoms with van der Waals surface area (Å²) in [5.41, 5.74) is 2.82. The third kappa shape index (κ3) is 6.27. The zero-order valence-corrected chi connectivity index (χ0v) is 26.0. The van der Waals surface area contributed by atoms with Gasteiger partial charge >= 0.3 is 7.60 Å². The highest BCUT2D eigenvalue weighted by atomic mass is 32.1. The molecule has 2 aromatic heterocycles. The molecule has 0 aliphatic carbocycles. The van der Waals surface area contributed by atoms with Crippen LogP contribution in [0.5, 0.6) is 0 Å². The number of amides is 3. The highest BCUT2D eigenvalue weighted by Crippen LogP contribution is 2.40. The van der Waals surface area contributed by atoms with Crippen LogP contribution in [0.25, 0.3) is 10.1 Å². The number of thiophene rings is 1. The number of nitrogens with one attached hydrogen (secondary N) is 1. The smallest absolute Gasteiger partial charge is 0.329 e. The Balaban J connectivity index is 1.16. The molecule has 3 saturated heterocycles. The van der Waals surface area contributed by atoms with E-state index in [9.17, 15) is 28.7 Å². The van der Waals surface area contributed by atoms with Gasteiger partial charge in [0.2, 0.25) is 11.8 Å². The maximum absolute atomic E-state index is 14.0. The SMILES string of the molecule is Cc1ccncc1C1CN(C(=O)[C@@H]2CC[C@@H]3C[C@H](C)CCC(NC(=O)c4cc5cc(CP(=O)(O)O)ccc5s4)C(=O)N32)C1. The van der Waals surface area contributed by atoms with Gasteiger partial charge in [-0.1, -0.05) is 13.0 Å². The van der Waals surface area contributed by atoms with Gasteiger partial charge in [0, 0.05) is 42.1 Å². The normalized spacial score (nSPS) is 24.8. The predicted octanol–water partition coefficient (Wildman–Crippen LogP) is 4.19. The Hall–Kier alpha value is -3.11. The average Bonchev–Trinajstić information content (AvgIpc) is 3.53. The molecule has 0 saturated carbocycles. The average molecular weight is 625 g/mol. The van der Waals surface area contributed by atoms with Crippen LogP contribution < -0.4 is 5.32 Å². The lowest BCUT2D eigenvalue weighted by molar-refractivity contribution is -0.150. The number of likely N-dealkylation sites (tertiary alicyclic amines) is 1. The molecule has 3 aromatic rings. The molecule has 6 rings (SSSR count). The number of hydrogen-bond donors (Lipinski definition) is 3. The fourth-order valence-electron chi connectivity index (χ4n) is 6.90. The van der Waals surface area contributed by atoms with E-state index in [1.165, 1.54) is 16.9 Å². The lowest BCUT2D eigenvalue weighted by atomic mass is 9.89. The predicted molar refractivity (Wildman–Crippen MR) is 164 cm³/mol. The van der Waals surface area contributed by atoms with E-state index in [1.807, 2.05) is 17.2 Å². The molecule has 3 N–H and O–H groups in total. The molecule has 3 amide bonds. The van der Waals surface area contributed by atoms with E-state index in [0.717, 1.165) is 34.9 Å². The summed E-state index contributed by atoms with van der Waals surface area (Å²) in [4.78, 5) is 68.1. The number of aryl methyl sites for hydroxylation is 1. The topological polar surface area (TPSA) is 140 Å². The summed E-state index contributed by atoms with van der Waals surface area (Å²) in [6.45, 7) is 5.46. The van der Waals surface area contributed by atoms with Crippen molar-refractivity contribution in [2.75, 3.05) is 13.1 Å². The Morgan fingerprint density at radius 1 is 1.12 bits per heavy atom. The lowest BCUT2D eigenvalue weighted by Crippen LogP contribution is -2.60. The molecule has 0 bridgehead atoms. The maximum Gasteiger partial charge on any atom is 0.329 e. The molecule has 3 fully saturated rings. The standard InChI is InChI=1S/C31H37N4O6PS/c1-18-3-6-25(33-29(36)28-13-21-12-20(17-42(39,40)41)4-8-27(21)43-28)30(37)35-23(11-18)5-7-26(35)31(38)34-15-22(16-34)24-14-32-10-9-19(24)2/h4,8-10,12-14,18,22-23,25-26H,3,5-7,11,15-17H2,1-2H3,(H,33,36)(H2,39,40,41)/t18-,23-,25?,26+/m1/s1. The minimum absolute atomic E-state index is 0.0115. The van der Waals surface area contributed by atoms with Crippen molar-refractivity contribution >= 4 is 46.7 Å². The minimum Gasteiger partial charge on any atom is -0.340 e. The van der Waals surface area contributed by atoms with Crippen molar-refractivity contribution in [1.29, 1.82) is 0 Å². The summed E-state index contributed by atoms with van der Waals surface area (Å²) in [5, 5.41) is 3.70. The first-order valence-corrected chi connectivity index (χ1v) is 17.5. The highest BCUT2D eigenvalue weighted by molar-refractivity contribution is 7.50. The second-order valence-corrected chi connectivity index (χ2v) is 15.1. The summed E-state index contributed by atoms with van der Waals surface area (Å²) in [6.07, 6.45) is 6.84. The Morgan fingerprint density at radius 2 is 1.91 bits per heavy atom. The second-order valence-electron chi connectivity index (χ2n) is 12.4. The van der Waals surface area contributed by atoms with Gasteiger partial charge in [0.1, 0.15) is 12.1 Å². The van der Waals surface area contributed by atoms with Crippen molar-refractivity contribution in [3.63, 3.8) is 0 Å². The van der Waals surface area contributed by atoms with Gasteiger partial charge in [-0.2, -0.15) is 0 Å². The van der Waals surface area contributed by atoms with Crippen LogP contribution in [0.3, 0.4) is 0 Å². The maximum atomic E-state index is 14.0. The fourth-order valence-corrected chi connectivity index (χ4v) is 8.52. The number of carbonyl (C=O) groups is 3. The first-order valence-electron chi connectivity index (χ1n) is 14.9.